The zero-order valence-electron chi connectivity index (χ0n) is 9.70. The molecule has 2 rings (SSSR count). The molecule has 2 saturated heterocycles. The fraction of sp³-hybridized carbons (Fsp3) is 0.909. The number of nitrogens with two attached hydrogens (primary N) is 1. The number of hydrogen-bond donors (Lipinski definition) is 2. The predicted molar refractivity (Wildman–Crippen MR) is 58.9 cm³/mol. The normalized spacial score (nSPS) is 39.6. The van der Waals surface area contributed by atoms with Gasteiger partial charge in [-0.15, -0.1) is 0 Å². The van der Waals surface area contributed by atoms with Crippen molar-refractivity contribution in [2.45, 2.75) is 43.9 Å². The first-order chi connectivity index (χ1) is 7.60. The van der Waals surface area contributed by atoms with Crippen molar-refractivity contribution in [3.63, 3.8) is 0 Å². The van der Waals surface area contributed by atoms with Crippen LogP contribution in [0.3, 0.4) is 0 Å². The zero-order valence-corrected chi connectivity index (χ0v) is 9.70. The van der Waals surface area contributed by atoms with E-state index in [2.05, 4.69) is 5.32 Å². The summed E-state index contributed by atoms with van der Waals surface area (Å²) in [6.45, 7) is 3.64. The Morgan fingerprint density at radius 3 is 2.94 bits per heavy atom. The molecule has 0 radical (unpaired) electrons. The summed E-state index contributed by atoms with van der Waals surface area (Å²) in [6, 6.07) is 0.192. The maximum absolute atomic E-state index is 12.0. The van der Waals surface area contributed by atoms with Gasteiger partial charge in [0.2, 0.25) is 5.91 Å². The minimum atomic E-state index is -0.818. The number of ether oxygens (including phenoxy) is 2. The first-order valence-corrected chi connectivity index (χ1v) is 5.89. The van der Waals surface area contributed by atoms with E-state index < -0.39 is 5.54 Å². The second-order valence-electron chi connectivity index (χ2n) is 4.83. The Morgan fingerprint density at radius 2 is 2.31 bits per heavy atom. The zero-order chi connectivity index (χ0) is 11.6. The molecule has 5 nitrogen and oxygen atoms in total. The molecule has 16 heavy (non-hydrogen) atoms. The molecule has 0 aliphatic carbocycles. The Morgan fingerprint density at radius 1 is 1.50 bits per heavy atom. The molecule has 0 aromatic heterocycles. The third kappa shape index (κ3) is 2.53. The minimum absolute atomic E-state index is 0.0795. The van der Waals surface area contributed by atoms with E-state index in [4.69, 9.17) is 15.2 Å². The van der Waals surface area contributed by atoms with Gasteiger partial charge in [0, 0.05) is 19.3 Å². The van der Waals surface area contributed by atoms with Crippen LogP contribution in [-0.4, -0.2) is 43.4 Å². The number of nitrogens with one attached hydrogen (secondary N) is 1. The van der Waals surface area contributed by atoms with Gasteiger partial charge in [-0.2, -0.15) is 0 Å². The highest BCUT2D eigenvalue weighted by atomic mass is 16.5. The molecule has 0 saturated carbocycles. The van der Waals surface area contributed by atoms with Crippen molar-refractivity contribution in [3.8, 4) is 0 Å². The molecular formula is C11H20N2O3. The lowest BCUT2D eigenvalue weighted by molar-refractivity contribution is -0.128. The molecule has 3 unspecified atom stereocenters. The van der Waals surface area contributed by atoms with Crippen molar-refractivity contribution in [1.29, 1.82) is 0 Å². The Balaban J connectivity index is 1.86. The first-order valence-electron chi connectivity index (χ1n) is 5.89. The van der Waals surface area contributed by atoms with Crippen LogP contribution in [0, 0.1) is 0 Å². The Hall–Kier alpha value is -0.650. The van der Waals surface area contributed by atoms with Gasteiger partial charge in [-0.3, -0.25) is 4.79 Å². The lowest BCUT2D eigenvalue weighted by Crippen LogP contribution is -2.57. The fourth-order valence-corrected chi connectivity index (χ4v) is 2.22. The highest BCUT2D eigenvalue weighted by Crippen LogP contribution is 2.18. The molecule has 92 valence electrons. The van der Waals surface area contributed by atoms with Crippen LogP contribution in [-0.2, 0) is 14.3 Å². The molecule has 3 atom stereocenters. The highest BCUT2D eigenvalue weighted by molar-refractivity contribution is 5.86. The highest BCUT2D eigenvalue weighted by Gasteiger charge is 2.39. The average Bonchev–Trinajstić information content (AvgIpc) is 2.66. The second kappa shape index (κ2) is 4.69. The number of carbonyl (C=O) groups is 1. The van der Waals surface area contributed by atoms with Gasteiger partial charge in [0.05, 0.1) is 12.7 Å². The van der Waals surface area contributed by atoms with Crippen LogP contribution in [0.15, 0.2) is 0 Å². The predicted octanol–water partition coefficient (Wildman–Crippen LogP) is -0.212. The van der Waals surface area contributed by atoms with Gasteiger partial charge < -0.3 is 20.5 Å². The summed E-state index contributed by atoms with van der Waals surface area (Å²) < 4.78 is 10.6. The SMILES string of the molecule is CC1CC(NC(=O)C2(N)CCOC2)CCO1. The van der Waals surface area contributed by atoms with Crippen molar-refractivity contribution < 1.29 is 14.3 Å². The fourth-order valence-electron chi connectivity index (χ4n) is 2.22. The summed E-state index contributed by atoms with van der Waals surface area (Å²) in [5, 5.41) is 3.01. The van der Waals surface area contributed by atoms with Gasteiger partial charge >= 0.3 is 0 Å². The number of rotatable bonds is 2. The summed E-state index contributed by atoms with van der Waals surface area (Å²) in [6.07, 6.45) is 2.56. The summed E-state index contributed by atoms with van der Waals surface area (Å²) in [5.74, 6) is -0.0795. The van der Waals surface area contributed by atoms with E-state index in [-0.39, 0.29) is 18.1 Å². The van der Waals surface area contributed by atoms with Gasteiger partial charge in [0.1, 0.15) is 5.54 Å². The van der Waals surface area contributed by atoms with Gasteiger partial charge in [-0.1, -0.05) is 0 Å². The van der Waals surface area contributed by atoms with Gasteiger partial charge in [0.15, 0.2) is 0 Å². The third-order valence-corrected chi connectivity index (χ3v) is 3.32. The molecule has 0 aromatic carbocycles. The summed E-state index contributed by atoms with van der Waals surface area (Å²) in [5.41, 5.74) is 5.17. The molecule has 0 aromatic rings. The van der Waals surface area contributed by atoms with E-state index in [1.165, 1.54) is 0 Å². The summed E-state index contributed by atoms with van der Waals surface area (Å²) >= 11 is 0. The van der Waals surface area contributed by atoms with Crippen LogP contribution in [0.4, 0.5) is 0 Å². The average molecular weight is 228 g/mol. The van der Waals surface area contributed by atoms with Crippen LogP contribution >= 0.6 is 0 Å². The van der Waals surface area contributed by atoms with Crippen LogP contribution in [0.1, 0.15) is 26.2 Å². The van der Waals surface area contributed by atoms with E-state index in [1.807, 2.05) is 6.92 Å². The lowest BCUT2D eigenvalue weighted by atomic mass is 9.97. The topological polar surface area (TPSA) is 73.6 Å². The summed E-state index contributed by atoms with van der Waals surface area (Å²) in [7, 11) is 0. The molecule has 3 N–H and O–H groups in total. The lowest BCUT2D eigenvalue weighted by Gasteiger charge is -2.30. The second-order valence-corrected chi connectivity index (χ2v) is 4.83. The van der Waals surface area contributed by atoms with Crippen LogP contribution < -0.4 is 11.1 Å². The Kier molecular flexibility index (Phi) is 3.47. The van der Waals surface area contributed by atoms with E-state index in [9.17, 15) is 4.79 Å². The van der Waals surface area contributed by atoms with Crippen LogP contribution in [0.5, 0.6) is 0 Å². The molecule has 1 amide bonds. The standard InChI is InChI=1S/C11H20N2O3/c1-8-6-9(2-4-16-8)13-10(14)11(12)3-5-15-7-11/h8-9H,2-7,12H2,1H3,(H,13,14). The Labute approximate surface area is 95.7 Å². The van der Waals surface area contributed by atoms with Gasteiger partial charge in [0.25, 0.3) is 0 Å². The van der Waals surface area contributed by atoms with Crippen molar-refractivity contribution in [1.82, 2.24) is 5.32 Å². The molecule has 2 heterocycles. The minimum Gasteiger partial charge on any atom is -0.379 e. The number of hydrogen-bond acceptors (Lipinski definition) is 4. The molecule has 0 bridgehead atoms. The molecule has 0 spiro atoms. The monoisotopic (exact) mass is 228 g/mol. The molecule has 2 fully saturated rings. The number of amides is 1. The van der Waals surface area contributed by atoms with Gasteiger partial charge in [-0.25, -0.2) is 0 Å². The molecule has 2 aliphatic rings. The van der Waals surface area contributed by atoms with Gasteiger partial charge in [-0.05, 0) is 26.2 Å². The van der Waals surface area contributed by atoms with E-state index in [1.54, 1.807) is 0 Å². The van der Waals surface area contributed by atoms with Crippen molar-refractivity contribution in [2.24, 2.45) is 5.73 Å². The van der Waals surface area contributed by atoms with Crippen LogP contribution in [0.2, 0.25) is 0 Å². The molecular weight excluding hydrogens is 208 g/mol. The molecule has 5 heteroatoms. The quantitative estimate of drug-likeness (QED) is 0.686. The largest absolute Gasteiger partial charge is 0.379 e. The molecule has 2 aliphatic heterocycles. The number of carbonyl (C=O) groups excluding carboxylic acids is 1. The third-order valence-electron chi connectivity index (χ3n) is 3.32. The maximum Gasteiger partial charge on any atom is 0.242 e. The van der Waals surface area contributed by atoms with Crippen molar-refractivity contribution in [3.05, 3.63) is 0 Å². The van der Waals surface area contributed by atoms with E-state index >= 15 is 0 Å². The van der Waals surface area contributed by atoms with Crippen molar-refractivity contribution in [2.75, 3.05) is 19.8 Å². The smallest absolute Gasteiger partial charge is 0.242 e. The Bertz CT molecular complexity index is 264. The van der Waals surface area contributed by atoms with E-state index in [0.29, 0.717) is 26.2 Å². The van der Waals surface area contributed by atoms with Crippen molar-refractivity contribution >= 4 is 5.91 Å². The van der Waals surface area contributed by atoms with E-state index in [0.717, 1.165) is 12.8 Å². The van der Waals surface area contributed by atoms with Crippen LogP contribution in [0.25, 0.3) is 0 Å². The summed E-state index contributed by atoms with van der Waals surface area (Å²) in [4.78, 5) is 12.0. The first kappa shape index (κ1) is 11.8. The maximum atomic E-state index is 12.0.